The summed E-state index contributed by atoms with van der Waals surface area (Å²) in [6.07, 6.45) is 0. The van der Waals surface area contributed by atoms with Crippen molar-refractivity contribution in [1.29, 1.82) is 0 Å². The van der Waals surface area contributed by atoms with Gasteiger partial charge in [-0.1, -0.05) is 17.7 Å². The van der Waals surface area contributed by atoms with E-state index in [4.69, 9.17) is 28.8 Å². The van der Waals surface area contributed by atoms with Crippen LogP contribution >= 0.6 is 11.6 Å². The molecule has 1 atom stereocenters. The highest BCUT2D eigenvalue weighted by atomic mass is 35.5. The summed E-state index contributed by atoms with van der Waals surface area (Å²) in [5.41, 5.74) is 16.0. The lowest BCUT2D eigenvalue weighted by Crippen LogP contribution is -2.28. The summed E-state index contributed by atoms with van der Waals surface area (Å²) >= 11 is 6.22. The van der Waals surface area contributed by atoms with E-state index >= 15 is 0 Å². The molecule has 2 aromatic heterocycles. The van der Waals surface area contributed by atoms with Crippen LogP contribution in [-0.4, -0.2) is 25.4 Å². The number of aromatic nitrogens is 4. The lowest BCUT2D eigenvalue weighted by Gasteiger charge is -2.21. The van der Waals surface area contributed by atoms with E-state index in [0.717, 1.165) is 16.7 Å². The number of carbonyl (C=O) groups is 1. The second kappa shape index (κ2) is 8.56. The molecule has 0 spiro atoms. The van der Waals surface area contributed by atoms with E-state index in [0.29, 0.717) is 6.07 Å². The third kappa shape index (κ3) is 4.06. The Morgan fingerprint density at radius 1 is 1.12 bits per heavy atom. The largest absolute Gasteiger partial charge is 0.383 e. The number of nitrogens with one attached hydrogen (secondary N) is 1. The summed E-state index contributed by atoms with van der Waals surface area (Å²) in [7, 11) is 0. The van der Waals surface area contributed by atoms with Crippen LogP contribution in [0.25, 0.3) is 16.6 Å². The molecule has 0 saturated heterocycles. The van der Waals surface area contributed by atoms with Gasteiger partial charge in [0.1, 0.15) is 34.7 Å². The van der Waals surface area contributed by atoms with Crippen molar-refractivity contribution < 1.29 is 13.6 Å². The zero-order chi connectivity index (χ0) is 24.7. The van der Waals surface area contributed by atoms with Crippen LogP contribution in [0.3, 0.4) is 0 Å². The molecule has 0 aliphatic carbocycles. The second-order valence-electron chi connectivity index (χ2n) is 7.29. The van der Waals surface area contributed by atoms with Gasteiger partial charge in [-0.3, -0.25) is 14.2 Å². The molecule has 174 valence electrons. The van der Waals surface area contributed by atoms with Gasteiger partial charge in [0, 0.05) is 6.07 Å². The third-order valence-corrected chi connectivity index (χ3v) is 5.23. The van der Waals surface area contributed by atoms with E-state index in [-0.39, 0.29) is 50.6 Å². The zero-order valence-electron chi connectivity index (χ0n) is 17.5. The molecule has 0 aliphatic heterocycles. The molecule has 0 aliphatic rings. The molecular weight excluding hydrogens is 470 g/mol. The number of carbonyl (C=O) groups excluding carboxylic acids is 1. The van der Waals surface area contributed by atoms with Crippen LogP contribution in [0.5, 0.6) is 0 Å². The molecule has 0 radical (unpaired) electrons. The molecule has 10 nitrogen and oxygen atoms in total. The summed E-state index contributed by atoms with van der Waals surface area (Å²) in [5, 5.41) is 3.05. The third-order valence-electron chi connectivity index (χ3n) is 4.92. The molecule has 0 bridgehead atoms. The smallest absolute Gasteiger partial charge is 0.267 e. The van der Waals surface area contributed by atoms with Gasteiger partial charge in [-0.25, -0.2) is 13.8 Å². The van der Waals surface area contributed by atoms with Crippen molar-refractivity contribution in [3.8, 4) is 5.69 Å². The summed E-state index contributed by atoms with van der Waals surface area (Å²) in [6, 6.07) is 6.39. The molecule has 0 saturated carbocycles. The number of nitrogens with two attached hydrogens (primary N) is 3. The SMILES string of the molecule is CC(Nc1nc(N)nc(N)c1C(N)=O)c1nc2cccc(Cl)c2c(=O)n1-c1cc(F)cc(F)c1. The summed E-state index contributed by atoms with van der Waals surface area (Å²) < 4.78 is 29.1. The van der Waals surface area contributed by atoms with Crippen molar-refractivity contribution in [3.05, 3.63) is 74.8 Å². The number of amides is 1. The number of rotatable bonds is 5. The van der Waals surface area contributed by atoms with E-state index in [1.807, 2.05) is 0 Å². The Labute approximate surface area is 195 Å². The van der Waals surface area contributed by atoms with Crippen LogP contribution < -0.4 is 28.1 Å². The van der Waals surface area contributed by atoms with Crippen LogP contribution in [0.15, 0.2) is 41.2 Å². The molecule has 1 amide bonds. The fourth-order valence-corrected chi connectivity index (χ4v) is 3.78. The lowest BCUT2D eigenvalue weighted by atomic mass is 10.2. The molecular formula is C21H17ClF2N8O2. The minimum absolute atomic E-state index is 0.0240. The van der Waals surface area contributed by atoms with Gasteiger partial charge in [0.2, 0.25) is 5.95 Å². The van der Waals surface area contributed by atoms with E-state index in [2.05, 4.69) is 20.3 Å². The van der Waals surface area contributed by atoms with Crippen molar-refractivity contribution in [3.63, 3.8) is 0 Å². The number of primary amides is 1. The molecule has 7 N–H and O–H groups in total. The molecule has 2 heterocycles. The topological polar surface area (TPSA) is 168 Å². The first-order valence-electron chi connectivity index (χ1n) is 9.73. The number of fused-ring (bicyclic) bond motifs is 1. The number of hydrogen-bond donors (Lipinski definition) is 4. The second-order valence-corrected chi connectivity index (χ2v) is 7.70. The number of nitrogen functional groups attached to an aromatic ring is 2. The highest BCUT2D eigenvalue weighted by Crippen LogP contribution is 2.27. The monoisotopic (exact) mass is 486 g/mol. The Morgan fingerprint density at radius 3 is 2.44 bits per heavy atom. The predicted molar refractivity (Wildman–Crippen MR) is 124 cm³/mol. The Bertz CT molecular complexity index is 1510. The van der Waals surface area contributed by atoms with Gasteiger partial charge in [-0.15, -0.1) is 0 Å². The number of halogens is 3. The Morgan fingerprint density at radius 2 is 1.79 bits per heavy atom. The number of hydrogen-bond acceptors (Lipinski definition) is 8. The van der Waals surface area contributed by atoms with Crippen molar-refractivity contribution in [2.24, 2.45) is 5.73 Å². The first-order valence-corrected chi connectivity index (χ1v) is 10.1. The normalized spacial score (nSPS) is 12.0. The Kier molecular flexibility index (Phi) is 5.75. The average molecular weight is 487 g/mol. The van der Waals surface area contributed by atoms with Crippen molar-refractivity contribution in [2.45, 2.75) is 13.0 Å². The molecule has 34 heavy (non-hydrogen) atoms. The maximum atomic E-state index is 14.0. The molecule has 4 rings (SSSR count). The molecule has 13 heteroatoms. The van der Waals surface area contributed by atoms with Crippen molar-refractivity contribution in [2.75, 3.05) is 16.8 Å². The Hall–Kier alpha value is -4.32. The van der Waals surface area contributed by atoms with Crippen LogP contribution in [0, 0.1) is 11.6 Å². The average Bonchev–Trinajstić information content (AvgIpc) is 2.71. The van der Waals surface area contributed by atoms with E-state index in [9.17, 15) is 18.4 Å². The van der Waals surface area contributed by atoms with Crippen LogP contribution in [0.1, 0.15) is 29.1 Å². The maximum Gasteiger partial charge on any atom is 0.267 e. The van der Waals surface area contributed by atoms with Crippen LogP contribution in [-0.2, 0) is 0 Å². The molecule has 1 unspecified atom stereocenters. The summed E-state index contributed by atoms with van der Waals surface area (Å²) in [4.78, 5) is 37.6. The summed E-state index contributed by atoms with van der Waals surface area (Å²) in [6.45, 7) is 1.57. The van der Waals surface area contributed by atoms with Crippen molar-refractivity contribution in [1.82, 2.24) is 19.5 Å². The standard InChI is InChI=1S/C21H17ClF2N8O2/c1-8(28-18-15(17(26)33)16(25)30-21(27)31-18)19-29-13-4-2-3-12(22)14(13)20(34)32(19)11-6-9(23)5-10(24)7-11/h2-8H,1H3,(H2,26,33)(H5,25,27,28,30,31). The van der Waals surface area contributed by atoms with Gasteiger partial charge in [0.05, 0.1) is 27.7 Å². The molecule has 2 aromatic carbocycles. The number of anilines is 3. The van der Waals surface area contributed by atoms with Crippen molar-refractivity contribution >= 4 is 46.0 Å². The zero-order valence-corrected chi connectivity index (χ0v) is 18.3. The predicted octanol–water partition coefficient (Wildman–Crippen LogP) is 2.54. The Balaban J connectivity index is 1.97. The minimum Gasteiger partial charge on any atom is -0.383 e. The van der Waals surface area contributed by atoms with Gasteiger partial charge >= 0.3 is 0 Å². The lowest BCUT2D eigenvalue weighted by molar-refractivity contribution is 0.100. The molecule has 0 fully saturated rings. The fraction of sp³-hybridized carbons (Fsp3) is 0.0952. The van der Waals surface area contributed by atoms with Crippen LogP contribution in [0.2, 0.25) is 5.02 Å². The fourth-order valence-electron chi connectivity index (χ4n) is 3.53. The van der Waals surface area contributed by atoms with Gasteiger partial charge in [0.25, 0.3) is 11.5 Å². The van der Waals surface area contributed by atoms with Crippen LogP contribution in [0.4, 0.5) is 26.4 Å². The van der Waals surface area contributed by atoms with E-state index in [1.54, 1.807) is 19.1 Å². The highest BCUT2D eigenvalue weighted by Gasteiger charge is 2.23. The quantitative estimate of drug-likeness (QED) is 0.333. The van der Waals surface area contributed by atoms with Gasteiger partial charge < -0.3 is 22.5 Å². The maximum absolute atomic E-state index is 14.0. The minimum atomic E-state index is -0.921. The number of benzene rings is 2. The van der Waals surface area contributed by atoms with Gasteiger partial charge in [0.15, 0.2) is 0 Å². The highest BCUT2D eigenvalue weighted by molar-refractivity contribution is 6.35. The summed E-state index contributed by atoms with van der Waals surface area (Å²) in [5.74, 6) is -3.30. The van der Waals surface area contributed by atoms with E-state index in [1.165, 1.54) is 6.07 Å². The van der Waals surface area contributed by atoms with E-state index < -0.39 is 29.1 Å². The first-order chi connectivity index (χ1) is 16.1. The molecule has 4 aromatic rings. The van der Waals surface area contributed by atoms with Gasteiger partial charge in [-0.05, 0) is 31.2 Å². The van der Waals surface area contributed by atoms with Gasteiger partial charge in [-0.2, -0.15) is 9.97 Å². The first kappa shape index (κ1) is 22.9. The number of nitrogens with zero attached hydrogens (tertiary/aromatic N) is 4.